The molecule has 0 bridgehead atoms. The Hall–Kier alpha value is -1.36. The van der Waals surface area contributed by atoms with E-state index >= 15 is 0 Å². The second-order valence-corrected chi connectivity index (χ2v) is 3.24. The minimum absolute atomic E-state index is 0.588. The zero-order valence-corrected chi connectivity index (χ0v) is 7.32. The molecule has 1 aliphatic rings. The van der Waals surface area contributed by atoms with Gasteiger partial charge in [-0.25, -0.2) is 4.98 Å². The molecule has 0 saturated heterocycles. The van der Waals surface area contributed by atoms with Gasteiger partial charge in [0, 0.05) is 18.7 Å². The van der Waals surface area contributed by atoms with Gasteiger partial charge in [-0.05, 0) is 7.05 Å². The van der Waals surface area contributed by atoms with Crippen molar-refractivity contribution >= 4 is 5.97 Å². The molecule has 1 aromatic rings. The minimum atomic E-state index is -0.837. The Morgan fingerprint density at radius 3 is 3.31 bits per heavy atom. The molecule has 0 spiro atoms. The molecule has 1 aromatic heterocycles. The van der Waals surface area contributed by atoms with E-state index in [0.717, 1.165) is 18.7 Å². The highest BCUT2D eigenvalue weighted by atomic mass is 16.4. The lowest BCUT2D eigenvalue weighted by molar-refractivity contribution is -0.143. The minimum Gasteiger partial charge on any atom is -0.480 e. The molecule has 0 fully saturated rings. The highest BCUT2D eigenvalue weighted by molar-refractivity contribution is 5.75. The zero-order valence-electron chi connectivity index (χ0n) is 7.32. The van der Waals surface area contributed by atoms with Crippen molar-refractivity contribution in [2.75, 3.05) is 13.6 Å². The number of likely N-dealkylation sites (N-methyl/N-ethyl adjacent to an activating group) is 1. The summed E-state index contributed by atoms with van der Waals surface area (Å²) in [4.78, 5) is 19.7. The number of rotatable bonds is 1. The maximum atomic E-state index is 10.9. The molecule has 2 heterocycles. The molecule has 1 aliphatic heterocycles. The van der Waals surface area contributed by atoms with Crippen molar-refractivity contribution in [2.45, 2.75) is 12.5 Å². The van der Waals surface area contributed by atoms with Crippen molar-refractivity contribution in [2.24, 2.45) is 0 Å². The molecule has 70 valence electrons. The van der Waals surface area contributed by atoms with E-state index in [9.17, 15) is 4.79 Å². The SMILES string of the molecule is CN1CCc2[nH]cnc2C1C(=O)O. The van der Waals surface area contributed by atoms with Gasteiger partial charge in [-0.2, -0.15) is 0 Å². The Kier molecular flexibility index (Phi) is 1.81. The summed E-state index contributed by atoms with van der Waals surface area (Å²) < 4.78 is 0. The number of hydrogen-bond donors (Lipinski definition) is 2. The van der Waals surface area contributed by atoms with E-state index in [1.54, 1.807) is 18.3 Å². The summed E-state index contributed by atoms with van der Waals surface area (Å²) in [5.41, 5.74) is 1.60. The monoisotopic (exact) mass is 181 g/mol. The average Bonchev–Trinajstić information content (AvgIpc) is 2.50. The summed E-state index contributed by atoms with van der Waals surface area (Å²) in [6.07, 6.45) is 2.40. The summed E-state index contributed by atoms with van der Waals surface area (Å²) in [6, 6.07) is -0.588. The number of nitrogens with zero attached hydrogens (tertiary/aromatic N) is 2. The van der Waals surface area contributed by atoms with Gasteiger partial charge in [0.05, 0.1) is 12.0 Å². The second kappa shape index (κ2) is 2.85. The number of H-pyrrole nitrogens is 1. The molecule has 0 amide bonds. The molecule has 0 radical (unpaired) electrons. The van der Waals surface area contributed by atoms with E-state index in [2.05, 4.69) is 9.97 Å². The largest absolute Gasteiger partial charge is 0.480 e. The first kappa shape index (κ1) is 8.25. The van der Waals surface area contributed by atoms with Crippen molar-refractivity contribution in [1.29, 1.82) is 0 Å². The first-order chi connectivity index (χ1) is 6.20. The van der Waals surface area contributed by atoms with Gasteiger partial charge in [-0.15, -0.1) is 0 Å². The number of nitrogens with one attached hydrogen (secondary N) is 1. The fourth-order valence-electron chi connectivity index (χ4n) is 1.70. The third kappa shape index (κ3) is 1.21. The van der Waals surface area contributed by atoms with Crippen molar-refractivity contribution < 1.29 is 9.90 Å². The third-order valence-corrected chi connectivity index (χ3v) is 2.40. The maximum absolute atomic E-state index is 10.9. The van der Waals surface area contributed by atoms with Crippen LogP contribution in [0.3, 0.4) is 0 Å². The van der Waals surface area contributed by atoms with Crippen molar-refractivity contribution in [3.8, 4) is 0 Å². The summed E-state index contributed by atoms with van der Waals surface area (Å²) in [6.45, 7) is 0.756. The number of carbonyl (C=O) groups is 1. The van der Waals surface area contributed by atoms with Crippen LogP contribution in [0.4, 0.5) is 0 Å². The molecule has 0 saturated carbocycles. The van der Waals surface area contributed by atoms with Crippen LogP contribution in [0.1, 0.15) is 17.4 Å². The molecular weight excluding hydrogens is 170 g/mol. The summed E-state index contributed by atoms with van der Waals surface area (Å²) >= 11 is 0. The van der Waals surface area contributed by atoms with E-state index in [4.69, 9.17) is 5.11 Å². The number of fused-ring (bicyclic) bond motifs is 1. The van der Waals surface area contributed by atoms with Crippen molar-refractivity contribution in [3.05, 3.63) is 17.7 Å². The Balaban J connectivity index is 2.41. The van der Waals surface area contributed by atoms with Gasteiger partial charge in [0.25, 0.3) is 0 Å². The Bertz CT molecular complexity index is 334. The Labute approximate surface area is 75.4 Å². The van der Waals surface area contributed by atoms with Crippen LogP contribution in [0, 0.1) is 0 Å². The number of aromatic amines is 1. The lowest BCUT2D eigenvalue weighted by Crippen LogP contribution is -2.36. The first-order valence-corrected chi connectivity index (χ1v) is 4.15. The lowest BCUT2D eigenvalue weighted by atomic mass is 10.0. The predicted octanol–water partition coefficient (Wildman–Crippen LogP) is 0.0233. The van der Waals surface area contributed by atoms with Crippen molar-refractivity contribution in [3.63, 3.8) is 0 Å². The maximum Gasteiger partial charge on any atom is 0.327 e. The lowest BCUT2D eigenvalue weighted by Gasteiger charge is -2.28. The second-order valence-electron chi connectivity index (χ2n) is 3.24. The van der Waals surface area contributed by atoms with Gasteiger partial charge in [0.2, 0.25) is 0 Å². The highest BCUT2D eigenvalue weighted by Crippen LogP contribution is 2.25. The molecule has 5 nitrogen and oxygen atoms in total. The standard InChI is InChI=1S/C8H11N3O2/c1-11-3-2-5-6(10-4-9-5)7(11)8(12)13/h4,7H,2-3H2,1H3,(H,9,10)(H,12,13). The molecule has 1 atom stereocenters. The first-order valence-electron chi connectivity index (χ1n) is 4.15. The van der Waals surface area contributed by atoms with Gasteiger partial charge in [0.15, 0.2) is 6.04 Å². The van der Waals surface area contributed by atoms with Gasteiger partial charge >= 0.3 is 5.97 Å². The van der Waals surface area contributed by atoms with Crippen molar-refractivity contribution in [1.82, 2.24) is 14.9 Å². The molecule has 0 aliphatic carbocycles. The zero-order chi connectivity index (χ0) is 9.42. The van der Waals surface area contributed by atoms with E-state index in [1.165, 1.54) is 0 Å². The van der Waals surface area contributed by atoms with Crippen LogP contribution in [0.15, 0.2) is 6.33 Å². The van der Waals surface area contributed by atoms with Gasteiger partial charge in [-0.1, -0.05) is 0 Å². The Morgan fingerprint density at radius 2 is 2.62 bits per heavy atom. The normalized spacial score (nSPS) is 22.7. The predicted molar refractivity (Wildman–Crippen MR) is 45.3 cm³/mol. The topological polar surface area (TPSA) is 69.2 Å². The molecule has 2 rings (SSSR count). The number of aliphatic carboxylic acids is 1. The van der Waals surface area contributed by atoms with Crippen LogP contribution in [-0.4, -0.2) is 39.5 Å². The number of imidazole rings is 1. The van der Waals surface area contributed by atoms with Crippen LogP contribution in [0.25, 0.3) is 0 Å². The van der Waals surface area contributed by atoms with Crippen LogP contribution in [-0.2, 0) is 11.2 Å². The van der Waals surface area contributed by atoms with Gasteiger partial charge in [0.1, 0.15) is 0 Å². The number of carboxylic acid groups (broad SMARTS) is 1. The van der Waals surface area contributed by atoms with Crippen LogP contribution in [0.2, 0.25) is 0 Å². The molecule has 1 unspecified atom stereocenters. The number of carboxylic acids is 1. The molecular formula is C8H11N3O2. The quantitative estimate of drug-likeness (QED) is 0.641. The molecule has 2 N–H and O–H groups in total. The van der Waals surface area contributed by atoms with Gasteiger partial charge < -0.3 is 10.1 Å². The molecule has 0 aromatic carbocycles. The number of aromatic nitrogens is 2. The molecule has 13 heavy (non-hydrogen) atoms. The fraction of sp³-hybridized carbons (Fsp3) is 0.500. The fourth-order valence-corrected chi connectivity index (χ4v) is 1.70. The third-order valence-electron chi connectivity index (χ3n) is 2.40. The van der Waals surface area contributed by atoms with Crippen LogP contribution >= 0.6 is 0 Å². The van der Waals surface area contributed by atoms with Crippen LogP contribution < -0.4 is 0 Å². The van der Waals surface area contributed by atoms with E-state index in [-0.39, 0.29) is 0 Å². The Morgan fingerprint density at radius 1 is 1.85 bits per heavy atom. The number of hydrogen-bond acceptors (Lipinski definition) is 3. The van der Waals surface area contributed by atoms with Gasteiger partial charge in [-0.3, -0.25) is 9.69 Å². The van der Waals surface area contributed by atoms with E-state index < -0.39 is 12.0 Å². The summed E-state index contributed by atoms with van der Waals surface area (Å²) in [5.74, 6) is -0.837. The smallest absolute Gasteiger partial charge is 0.327 e. The summed E-state index contributed by atoms with van der Waals surface area (Å²) in [7, 11) is 1.80. The summed E-state index contributed by atoms with van der Waals surface area (Å²) in [5, 5.41) is 8.98. The van der Waals surface area contributed by atoms with E-state index in [1.807, 2.05) is 0 Å². The van der Waals surface area contributed by atoms with Crippen LogP contribution in [0.5, 0.6) is 0 Å². The highest BCUT2D eigenvalue weighted by Gasteiger charge is 2.32. The molecule has 5 heteroatoms. The van der Waals surface area contributed by atoms with E-state index in [0.29, 0.717) is 5.69 Å². The average molecular weight is 181 g/mol.